The van der Waals surface area contributed by atoms with Gasteiger partial charge in [0.2, 0.25) is 5.91 Å². The van der Waals surface area contributed by atoms with Crippen LogP contribution in [0, 0.1) is 12.7 Å². The highest BCUT2D eigenvalue weighted by atomic mass is 19.1. The molecule has 1 N–H and O–H groups in total. The van der Waals surface area contributed by atoms with E-state index in [1.807, 2.05) is 0 Å². The second-order valence-corrected chi connectivity index (χ2v) is 5.10. The maximum absolute atomic E-state index is 13.0. The lowest BCUT2D eigenvalue weighted by atomic mass is 10.2. The summed E-state index contributed by atoms with van der Waals surface area (Å²) < 4.78 is 22.8. The van der Waals surface area contributed by atoms with E-state index in [2.05, 4.69) is 10.5 Å². The Morgan fingerprint density at radius 2 is 2.04 bits per heavy atom. The first kappa shape index (κ1) is 17.6. The maximum Gasteiger partial charge on any atom is 0.254 e. The quantitative estimate of drug-likeness (QED) is 0.835. The van der Waals surface area contributed by atoms with Gasteiger partial charge in [-0.2, -0.15) is 0 Å². The van der Waals surface area contributed by atoms with Gasteiger partial charge < -0.3 is 19.5 Å². The van der Waals surface area contributed by atoms with Crippen LogP contribution in [-0.4, -0.2) is 48.7 Å². The number of aromatic nitrogens is 1. The molecule has 1 heterocycles. The Hall–Kier alpha value is -2.74. The van der Waals surface area contributed by atoms with Gasteiger partial charge in [-0.15, -0.1) is 0 Å². The fourth-order valence-corrected chi connectivity index (χ4v) is 2.01. The Morgan fingerprint density at radius 3 is 2.62 bits per heavy atom. The van der Waals surface area contributed by atoms with E-state index in [-0.39, 0.29) is 31.1 Å². The summed E-state index contributed by atoms with van der Waals surface area (Å²) in [5.74, 6) is -0.412. The van der Waals surface area contributed by atoms with Crippen molar-refractivity contribution in [3.8, 4) is 0 Å². The molecule has 0 saturated heterocycles. The molecule has 0 aliphatic carbocycles. The van der Waals surface area contributed by atoms with Crippen LogP contribution in [0.3, 0.4) is 0 Å². The van der Waals surface area contributed by atoms with E-state index < -0.39 is 17.6 Å². The summed E-state index contributed by atoms with van der Waals surface area (Å²) in [6, 6.07) is 6.70. The van der Waals surface area contributed by atoms with Gasteiger partial charge in [0.1, 0.15) is 18.1 Å². The molecule has 0 unspecified atom stereocenters. The highest BCUT2D eigenvalue weighted by molar-refractivity contribution is 5.99. The number of carbonyl (C=O) groups excluding carboxylic acids is 2. The van der Waals surface area contributed by atoms with E-state index in [9.17, 15) is 14.0 Å². The van der Waals surface area contributed by atoms with Crippen molar-refractivity contribution in [2.24, 2.45) is 0 Å². The number of rotatable bonds is 7. The van der Waals surface area contributed by atoms with E-state index in [1.54, 1.807) is 13.0 Å². The van der Waals surface area contributed by atoms with Gasteiger partial charge in [-0.1, -0.05) is 5.16 Å². The Labute approximate surface area is 138 Å². The standard InChI is InChI=1S/C16H18FN3O4/c1-11-9-14(19-24-11)18-15(21)10-20(7-8-23-2)16(22)12-3-5-13(17)6-4-12/h3-6,9H,7-8,10H2,1-2H3,(H,18,19,21). The highest BCUT2D eigenvalue weighted by Crippen LogP contribution is 2.09. The summed E-state index contributed by atoms with van der Waals surface area (Å²) in [7, 11) is 1.50. The maximum atomic E-state index is 13.0. The van der Waals surface area contributed by atoms with Gasteiger partial charge in [-0.3, -0.25) is 9.59 Å². The van der Waals surface area contributed by atoms with Gasteiger partial charge in [0.05, 0.1) is 6.61 Å². The van der Waals surface area contributed by atoms with Crippen LogP contribution < -0.4 is 5.32 Å². The fourth-order valence-electron chi connectivity index (χ4n) is 2.01. The van der Waals surface area contributed by atoms with Crippen LogP contribution in [0.15, 0.2) is 34.9 Å². The smallest absolute Gasteiger partial charge is 0.254 e. The van der Waals surface area contributed by atoms with E-state index >= 15 is 0 Å². The predicted molar refractivity (Wildman–Crippen MR) is 84.0 cm³/mol. The number of hydrogen-bond acceptors (Lipinski definition) is 5. The summed E-state index contributed by atoms with van der Waals surface area (Å²) in [4.78, 5) is 25.9. The summed E-state index contributed by atoms with van der Waals surface area (Å²) in [5.41, 5.74) is 0.289. The number of nitrogens with one attached hydrogen (secondary N) is 1. The minimum Gasteiger partial charge on any atom is -0.383 e. The summed E-state index contributed by atoms with van der Waals surface area (Å²) in [6.07, 6.45) is 0. The number of aryl methyl sites for hydroxylation is 1. The number of anilines is 1. The fraction of sp³-hybridized carbons (Fsp3) is 0.312. The minimum absolute atomic E-state index is 0.189. The number of hydrogen-bond donors (Lipinski definition) is 1. The number of nitrogens with zero attached hydrogens (tertiary/aromatic N) is 2. The largest absolute Gasteiger partial charge is 0.383 e. The first-order chi connectivity index (χ1) is 11.5. The average molecular weight is 335 g/mol. The third-order valence-corrected chi connectivity index (χ3v) is 3.17. The van der Waals surface area contributed by atoms with Crippen LogP contribution in [0.25, 0.3) is 0 Å². The van der Waals surface area contributed by atoms with Gasteiger partial charge in [-0.05, 0) is 31.2 Å². The molecule has 0 radical (unpaired) electrons. The first-order valence-electron chi connectivity index (χ1n) is 7.26. The molecule has 7 nitrogen and oxygen atoms in total. The monoisotopic (exact) mass is 335 g/mol. The number of halogens is 1. The zero-order valence-corrected chi connectivity index (χ0v) is 13.4. The molecule has 0 atom stereocenters. The Bertz CT molecular complexity index is 700. The summed E-state index contributed by atoms with van der Waals surface area (Å²) in [6.45, 7) is 2.00. The second-order valence-electron chi connectivity index (χ2n) is 5.10. The normalized spacial score (nSPS) is 10.5. The Kier molecular flexibility index (Phi) is 6.02. The van der Waals surface area contributed by atoms with Crippen molar-refractivity contribution in [1.82, 2.24) is 10.1 Å². The minimum atomic E-state index is -0.436. The average Bonchev–Trinajstić information content (AvgIpc) is 2.96. The molecule has 0 bridgehead atoms. The van der Waals surface area contributed by atoms with Crippen molar-refractivity contribution in [2.45, 2.75) is 6.92 Å². The number of methoxy groups -OCH3 is 1. The Morgan fingerprint density at radius 1 is 1.33 bits per heavy atom. The van der Waals surface area contributed by atoms with Crippen LogP contribution in [0.2, 0.25) is 0 Å². The van der Waals surface area contributed by atoms with E-state index in [4.69, 9.17) is 9.26 Å². The van der Waals surface area contributed by atoms with Crippen LogP contribution >= 0.6 is 0 Å². The molecule has 0 saturated carbocycles. The lowest BCUT2D eigenvalue weighted by Gasteiger charge is -2.21. The van der Waals surface area contributed by atoms with Crippen molar-refractivity contribution in [3.05, 3.63) is 47.5 Å². The van der Waals surface area contributed by atoms with Crippen LogP contribution in [0.5, 0.6) is 0 Å². The van der Waals surface area contributed by atoms with Crippen molar-refractivity contribution in [3.63, 3.8) is 0 Å². The lowest BCUT2D eigenvalue weighted by molar-refractivity contribution is -0.117. The van der Waals surface area contributed by atoms with Gasteiger partial charge in [0, 0.05) is 25.3 Å². The molecule has 1 aromatic carbocycles. The molecule has 0 aliphatic heterocycles. The van der Waals surface area contributed by atoms with Gasteiger partial charge >= 0.3 is 0 Å². The van der Waals surface area contributed by atoms with Crippen LogP contribution in [-0.2, 0) is 9.53 Å². The van der Waals surface area contributed by atoms with Crippen LogP contribution in [0.4, 0.5) is 10.2 Å². The molecule has 2 amide bonds. The molecule has 0 aliphatic rings. The first-order valence-corrected chi connectivity index (χ1v) is 7.26. The van der Waals surface area contributed by atoms with Gasteiger partial charge in [0.15, 0.2) is 5.82 Å². The van der Waals surface area contributed by atoms with Gasteiger partial charge in [-0.25, -0.2) is 4.39 Å². The van der Waals surface area contributed by atoms with Gasteiger partial charge in [0.25, 0.3) is 5.91 Å². The third-order valence-electron chi connectivity index (χ3n) is 3.17. The Balaban J connectivity index is 2.05. The summed E-state index contributed by atoms with van der Waals surface area (Å²) >= 11 is 0. The van der Waals surface area contributed by atoms with E-state index in [0.717, 1.165) is 0 Å². The molecule has 2 rings (SSSR count). The van der Waals surface area contributed by atoms with E-state index in [1.165, 1.54) is 36.3 Å². The van der Waals surface area contributed by atoms with Crippen molar-refractivity contribution < 1.29 is 23.2 Å². The zero-order chi connectivity index (χ0) is 17.5. The summed E-state index contributed by atoms with van der Waals surface area (Å²) in [5, 5.41) is 6.21. The topological polar surface area (TPSA) is 84.7 Å². The second kappa shape index (κ2) is 8.21. The third kappa shape index (κ3) is 4.88. The lowest BCUT2D eigenvalue weighted by Crippen LogP contribution is -2.40. The molecule has 0 spiro atoms. The number of benzene rings is 1. The molecule has 0 fully saturated rings. The molecule has 2 aromatic rings. The molecule has 8 heteroatoms. The van der Waals surface area contributed by atoms with E-state index in [0.29, 0.717) is 5.76 Å². The molecular formula is C16H18FN3O4. The highest BCUT2D eigenvalue weighted by Gasteiger charge is 2.19. The number of carbonyl (C=O) groups is 2. The molecule has 1 aromatic heterocycles. The number of ether oxygens (including phenoxy) is 1. The van der Waals surface area contributed by atoms with Crippen LogP contribution in [0.1, 0.15) is 16.1 Å². The van der Waals surface area contributed by atoms with Crippen molar-refractivity contribution in [2.75, 3.05) is 32.1 Å². The molecule has 24 heavy (non-hydrogen) atoms. The zero-order valence-electron chi connectivity index (χ0n) is 13.4. The van der Waals surface area contributed by atoms with Crippen molar-refractivity contribution in [1.29, 1.82) is 0 Å². The molecular weight excluding hydrogens is 317 g/mol. The number of amides is 2. The molecule has 128 valence electrons. The van der Waals surface area contributed by atoms with Crippen molar-refractivity contribution >= 4 is 17.6 Å². The SMILES string of the molecule is COCCN(CC(=O)Nc1cc(C)on1)C(=O)c1ccc(F)cc1. The predicted octanol–water partition coefficient (Wildman–Crippen LogP) is 1.85.